The van der Waals surface area contributed by atoms with Crippen molar-refractivity contribution in [2.24, 2.45) is 5.73 Å². The molecule has 0 bridgehead atoms. The summed E-state index contributed by atoms with van der Waals surface area (Å²) in [7, 11) is 0. The lowest BCUT2D eigenvalue weighted by molar-refractivity contribution is -0.147. The van der Waals surface area contributed by atoms with Gasteiger partial charge in [0.15, 0.2) is 5.78 Å². The Balaban J connectivity index is 3.30. The van der Waals surface area contributed by atoms with Crippen molar-refractivity contribution in [1.29, 1.82) is 0 Å². The molecule has 0 spiro atoms. The fraction of sp³-hybridized carbons (Fsp3) is 0.667. The van der Waals surface area contributed by atoms with E-state index in [0.29, 0.717) is 0 Å². The smallest absolute Gasteiger partial charge is 0.307 e. The average molecular weight is 145 g/mol. The second-order valence-corrected chi connectivity index (χ2v) is 1.90. The van der Waals surface area contributed by atoms with Gasteiger partial charge in [-0.1, -0.05) is 0 Å². The van der Waals surface area contributed by atoms with Crippen molar-refractivity contribution in [2.75, 3.05) is 13.2 Å². The SMILES string of the molecule is CC(=O)COC(=O)CCN. The summed E-state index contributed by atoms with van der Waals surface area (Å²) in [6, 6.07) is 0. The van der Waals surface area contributed by atoms with E-state index in [9.17, 15) is 9.59 Å². The van der Waals surface area contributed by atoms with E-state index in [0.717, 1.165) is 0 Å². The Kier molecular flexibility index (Phi) is 4.49. The first-order chi connectivity index (χ1) is 4.66. The minimum Gasteiger partial charge on any atom is -0.458 e. The summed E-state index contributed by atoms with van der Waals surface area (Å²) in [4.78, 5) is 20.7. The van der Waals surface area contributed by atoms with Crippen LogP contribution < -0.4 is 5.73 Å². The van der Waals surface area contributed by atoms with Crippen molar-refractivity contribution in [3.63, 3.8) is 0 Å². The Morgan fingerprint density at radius 3 is 2.50 bits per heavy atom. The van der Waals surface area contributed by atoms with Crippen LogP contribution >= 0.6 is 0 Å². The molecule has 0 aromatic carbocycles. The van der Waals surface area contributed by atoms with Crippen molar-refractivity contribution in [1.82, 2.24) is 0 Å². The molecule has 10 heavy (non-hydrogen) atoms. The maximum Gasteiger partial charge on any atom is 0.307 e. The molecule has 4 heteroatoms. The van der Waals surface area contributed by atoms with Crippen LogP contribution in [0.4, 0.5) is 0 Å². The number of hydrogen-bond donors (Lipinski definition) is 1. The van der Waals surface area contributed by atoms with Gasteiger partial charge in [-0.3, -0.25) is 9.59 Å². The van der Waals surface area contributed by atoms with Gasteiger partial charge in [0.25, 0.3) is 0 Å². The highest BCUT2D eigenvalue weighted by atomic mass is 16.5. The Bertz CT molecular complexity index is 133. The lowest BCUT2D eigenvalue weighted by Gasteiger charge is -1.98. The van der Waals surface area contributed by atoms with E-state index in [1.54, 1.807) is 0 Å². The van der Waals surface area contributed by atoms with Crippen LogP contribution in [0, 0.1) is 0 Å². The van der Waals surface area contributed by atoms with Crippen molar-refractivity contribution in [2.45, 2.75) is 13.3 Å². The lowest BCUT2D eigenvalue weighted by Crippen LogP contribution is -2.14. The normalized spacial score (nSPS) is 9.00. The quantitative estimate of drug-likeness (QED) is 0.540. The molecule has 0 aliphatic heterocycles. The molecule has 0 aliphatic carbocycles. The van der Waals surface area contributed by atoms with Gasteiger partial charge in [-0.05, 0) is 6.92 Å². The lowest BCUT2D eigenvalue weighted by atomic mass is 10.4. The molecule has 0 unspecified atom stereocenters. The summed E-state index contributed by atoms with van der Waals surface area (Å²) in [6.07, 6.45) is 0.174. The molecule has 0 heterocycles. The Hall–Kier alpha value is -0.900. The largest absolute Gasteiger partial charge is 0.458 e. The second-order valence-electron chi connectivity index (χ2n) is 1.90. The number of hydrogen-bond acceptors (Lipinski definition) is 4. The molecule has 0 saturated carbocycles. The molecule has 0 aromatic heterocycles. The molecule has 58 valence electrons. The number of Topliss-reactive ketones (excluding diaryl/α,β-unsaturated/α-hetero) is 1. The summed E-state index contributed by atoms with van der Waals surface area (Å²) in [5, 5.41) is 0. The summed E-state index contributed by atoms with van der Waals surface area (Å²) in [6.45, 7) is 1.48. The topological polar surface area (TPSA) is 69.4 Å². The average Bonchev–Trinajstić information content (AvgIpc) is 1.85. The number of ether oxygens (including phenoxy) is 1. The van der Waals surface area contributed by atoms with Gasteiger partial charge in [-0.2, -0.15) is 0 Å². The number of ketones is 1. The molecule has 0 aromatic rings. The molecule has 0 amide bonds. The summed E-state index contributed by atoms with van der Waals surface area (Å²) < 4.78 is 4.48. The first kappa shape index (κ1) is 9.10. The van der Waals surface area contributed by atoms with E-state index in [2.05, 4.69) is 4.74 Å². The van der Waals surface area contributed by atoms with Crippen LogP contribution in [0.25, 0.3) is 0 Å². The van der Waals surface area contributed by atoms with E-state index in [4.69, 9.17) is 5.73 Å². The summed E-state index contributed by atoms with van der Waals surface area (Å²) in [5.41, 5.74) is 5.05. The van der Waals surface area contributed by atoms with Gasteiger partial charge < -0.3 is 10.5 Å². The first-order valence-electron chi connectivity index (χ1n) is 3.02. The second kappa shape index (κ2) is 4.93. The number of carbonyl (C=O) groups is 2. The predicted molar refractivity (Wildman–Crippen MR) is 35.3 cm³/mol. The molecule has 0 rings (SSSR count). The number of esters is 1. The minimum atomic E-state index is -0.419. The highest BCUT2D eigenvalue weighted by Crippen LogP contribution is 1.83. The van der Waals surface area contributed by atoms with Gasteiger partial charge >= 0.3 is 5.97 Å². The van der Waals surface area contributed by atoms with Crippen molar-refractivity contribution >= 4 is 11.8 Å². The van der Waals surface area contributed by atoms with Gasteiger partial charge in [0.1, 0.15) is 6.61 Å². The third kappa shape index (κ3) is 5.24. The summed E-state index contributed by atoms with van der Waals surface area (Å²) >= 11 is 0. The molecule has 0 fully saturated rings. The van der Waals surface area contributed by atoms with Gasteiger partial charge in [0, 0.05) is 6.54 Å². The Morgan fingerprint density at radius 1 is 1.50 bits per heavy atom. The predicted octanol–water partition coefficient (Wildman–Crippen LogP) is -0.533. The van der Waals surface area contributed by atoms with Gasteiger partial charge in [0.05, 0.1) is 6.42 Å². The van der Waals surface area contributed by atoms with E-state index >= 15 is 0 Å². The zero-order valence-electron chi connectivity index (χ0n) is 5.92. The first-order valence-corrected chi connectivity index (χ1v) is 3.02. The van der Waals surface area contributed by atoms with Gasteiger partial charge in [0.2, 0.25) is 0 Å². The van der Waals surface area contributed by atoms with E-state index in [1.165, 1.54) is 6.92 Å². The highest BCUT2D eigenvalue weighted by Gasteiger charge is 2.01. The molecular formula is C6H11NO3. The molecule has 0 radical (unpaired) electrons. The summed E-state index contributed by atoms with van der Waals surface area (Å²) in [5.74, 6) is -0.580. The van der Waals surface area contributed by atoms with Crippen molar-refractivity contribution < 1.29 is 14.3 Å². The third-order valence-corrected chi connectivity index (χ3v) is 0.785. The van der Waals surface area contributed by atoms with Gasteiger partial charge in [-0.15, -0.1) is 0 Å². The van der Waals surface area contributed by atoms with Crippen LogP contribution in [-0.2, 0) is 14.3 Å². The Labute approximate surface area is 59.3 Å². The standard InChI is InChI=1S/C6H11NO3/c1-5(8)4-10-6(9)2-3-7/h2-4,7H2,1H3. The third-order valence-electron chi connectivity index (χ3n) is 0.785. The number of rotatable bonds is 4. The highest BCUT2D eigenvalue weighted by molar-refractivity contribution is 5.80. The number of carbonyl (C=O) groups excluding carboxylic acids is 2. The van der Waals surface area contributed by atoms with Crippen LogP contribution in [0.2, 0.25) is 0 Å². The molecule has 4 nitrogen and oxygen atoms in total. The van der Waals surface area contributed by atoms with E-state index in [1.807, 2.05) is 0 Å². The molecule has 0 aliphatic rings. The maximum absolute atomic E-state index is 10.5. The minimum absolute atomic E-state index is 0.140. The van der Waals surface area contributed by atoms with E-state index in [-0.39, 0.29) is 25.4 Å². The monoisotopic (exact) mass is 145 g/mol. The zero-order chi connectivity index (χ0) is 7.98. The van der Waals surface area contributed by atoms with Crippen LogP contribution in [0.15, 0.2) is 0 Å². The van der Waals surface area contributed by atoms with Crippen LogP contribution in [0.1, 0.15) is 13.3 Å². The number of nitrogens with two attached hydrogens (primary N) is 1. The maximum atomic E-state index is 10.5. The van der Waals surface area contributed by atoms with E-state index < -0.39 is 5.97 Å². The molecular weight excluding hydrogens is 134 g/mol. The Morgan fingerprint density at radius 2 is 2.10 bits per heavy atom. The zero-order valence-corrected chi connectivity index (χ0v) is 5.92. The van der Waals surface area contributed by atoms with Crippen LogP contribution in [-0.4, -0.2) is 24.9 Å². The molecule has 2 N–H and O–H groups in total. The van der Waals surface area contributed by atoms with Crippen LogP contribution in [0.5, 0.6) is 0 Å². The fourth-order valence-electron chi connectivity index (χ4n) is 0.372. The van der Waals surface area contributed by atoms with Crippen LogP contribution in [0.3, 0.4) is 0 Å². The molecule has 0 atom stereocenters. The van der Waals surface area contributed by atoms with Crippen molar-refractivity contribution in [3.8, 4) is 0 Å². The van der Waals surface area contributed by atoms with Gasteiger partial charge in [-0.25, -0.2) is 0 Å². The molecule has 0 saturated heterocycles. The fourth-order valence-corrected chi connectivity index (χ4v) is 0.372. The van der Waals surface area contributed by atoms with Crippen molar-refractivity contribution in [3.05, 3.63) is 0 Å².